The molecule has 1 spiro atoms. The molecule has 6 rings (SSSR count). The Morgan fingerprint density at radius 3 is 2.27 bits per heavy atom. The van der Waals surface area contributed by atoms with Crippen molar-refractivity contribution in [2.45, 2.75) is 55.4 Å². The number of carboxylic acid groups (broad SMARTS) is 1. The van der Waals surface area contributed by atoms with E-state index >= 15 is 0 Å². The number of carboxylic acids is 1. The Kier molecular flexibility index (Phi) is 7.77. The highest BCUT2D eigenvalue weighted by Crippen LogP contribution is 2.56. The van der Waals surface area contributed by atoms with E-state index < -0.39 is 11.5 Å². The first-order chi connectivity index (χ1) is 20.0. The minimum atomic E-state index is -1.02. The second-order valence-corrected chi connectivity index (χ2v) is 12.1. The lowest BCUT2D eigenvalue weighted by molar-refractivity contribution is -0.144. The van der Waals surface area contributed by atoms with E-state index in [-0.39, 0.29) is 11.3 Å². The molecule has 0 heterocycles. The van der Waals surface area contributed by atoms with Crippen LogP contribution in [-0.2, 0) is 16.6 Å². The number of aliphatic carboxylic acids is 1. The molecule has 0 bridgehead atoms. The van der Waals surface area contributed by atoms with E-state index in [0.29, 0.717) is 30.4 Å². The second kappa shape index (κ2) is 11.6. The van der Waals surface area contributed by atoms with Crippen LogP contribution in [-0.4, -0.2) is 23.2 Å². The molecular weight excluding hydrogens is 530 g/mol. The maximum Gasteiger partial charge on any atom is 0.329 e. The summed E-state index contributed by atoms with van der Waals surface area (Å²) in [6.45, 7) is 0.604. The molecule has 2 aliphatic rings. The maximum absolute atomic E-state index is 12.8. The van der Waals surface area contributed by atoms with Crippen LogP contribution < -0.4 is 10.1 Å². The first kappa shape index (κ1) is 27.4. The number of halogens is 1. The van der Waals surface area contributed by atoms with Gasteiger partial charge >= 0.3 is 5.97 Å². The molecular formula is C36H36ClNO3. The van der Waals surface area contributed by atoms with Crippen LogP contribution in [0.4, 0.5) is 5.69 Å². The number of fused-ring (bicyclic) bond motifs is 2. The van der Waals surface area contributed by atoms with Crippen LogP contribution in [0.1, 0.15) is 54.7 Å². The molecule has 0 radical (unpaired) electrons. The lowest BCUT2D eigenvalue weighted by Crippen LogP contribution is -2.53. The van der Waals surface area contributed by atoms with Gasteiger partial charge in [0.15, 0.2) is 0 Å². The Bertz CT molecular complexity index is 1480. The van der Waals surface area contributed by atoms with Gasteiger partial charge in [-0.05, 0) is 96.9 Å². The van der Waals surface area contributed by atoms with Gasteiger partial charge in [-0.15, -0.1) is 0 Å². The van der Waals surface area contributed by atoms with Crippen molar-refractivity contribution in [3.05, 3.63) is 131 Å². The van der Waals surface area contributed by atoms with Gasteiger partial charge in [-0.25, -0.2) is 4.79 Å². The number of para-hydroxylation sites is 1. The molecule has 5 heteroatoms. The van der Waals surface area contributed by atoms with Crippen LogP contribution >= 0.6 is 11.6 Å². The van der Waals surface area contributed by atoms with Crippen LogP contribution in [0, 0.1) is 5.92 Å². The molecule has 0 saturated heterocycles. The summed E-state index contributed by atoms with van der Waals surface area (Å²) in [6, 6.07) is 36.9. The molecule has 2 aliphatic carbocycles. The fourth-order valence-corrected chi connectivity index (χ4v) is 7.48. The van der Waals surface area contributed by atoms with Crippen molar-refractivity contribution in [2.24, 2.45) is 5.92 Å². The van der Waals surface area contributed by atoms with Crippen molar-refractivity contribution in [1.82, 2.24) is 0 Å². The van der Waals surface area contributed by atoms with Crippen LogP contribution in [0.5, 0.6) is 5.75 Å². The molecule has 0 amide bonds. The first-order valence-electron chi connectivity index (χ1n) is 14.6. The topological polar surface area (TPSA) is 58.6 Å². The lowest BCUT2D eigenvalue weighted by atomic mass is 9.59. The monoisotopic (exact) mass is 565 g/mol. The van der Waals surface area contributed by atoms with Gasteiger partial charge in [0.25, 0.3) is 0 Å². The summed E-state index contributed by atoms with van der Waals surface area (Å²) in [5, 5.41) is 14.4. The van der Waals surface area contributed by atoms with E-state index in [4.69, 9.17) is 16.3 Å². The minimum Gasteiger partial charge on any atom is -0.493 e. The standard InChI is InChI=1S/C36H36ClNO3/c37-30-13-9-14-31(24-30)38-36(34(39)40)20-18-35(19-21-36)29(22-27-12-7-8-17-33(27)35)23-28(26-10-3-1-4-11-26)25-41-32-15-5-2-6-16-32/h1-17,24,28-29,38H,18-23,25H2,(H,39,40)/t28-,29?,35?,36?/m1/s1. The van der Waals surface area contributed by atoms with Crippen molar-refractivity contribution in [1.29, 1.82) is 0 Å². The van der Waals surface area contributed by atoms with Crippen LogP contribution in [0.25, 0.3) is 0 Å². The average molecular weight is 566 g/mol. The summed E-state index contributed by atoms with van der Waals surface area (Å²) >= 11 is 6.23. The van der Waals surface area contributed by atoms with E-state index in [1.807, 2.05) is 48.5 Å². The molecule has 4 nitrogen and oxygen atoms in total. The summed E-state index contributed by atoms with van der Waals surface area (Å²) in [4.78, 5) is 12.8. The Morgan fingerprint density at radius 2 is 1.56 bits per heavy atom. The highest BCUT2D eigenvalue weighted by atomic mass is 35.5. The Hall–Kier alpha value is -3.76. The van der Waals surface area contributed by atoms with Crippen LogP contribution in [0.3, 0.4) is 0 Å². The van der Waals surface area contributed by atoms with Gasteiger partial charge in [0, 0.05) is 16.6 Å². The van der Waals surface area contributed by atoms with E-state index in [9.17, 15) is 9.90 Å². The van der Waals surface area contributed by atoms with E-state index in [2.05, 4.69) is 59.9 Å². The third kappa shape index (κ3) is 5.58. The number of carbonyl (C=O) groups is 1. The predicted molar refractivity (Wildman–Crippen MR) is 165 cm³/mol. The van der Waals surface area contributed by atoms with Gasteiger partial charge in [0.1, 0.15) is 11.3 Å². The zero-order chi connectivity index (χ0) is 28.3. The summed E-state index contributed by atoms with van der Waals surface area (Å²) in [6.07, 6.45) is 4.72. The molecule has 0 aliphatic heterocycles. The highest BCUT2D eigenvalue weighted by molar-refractivity contribution is 6.30. The molecule has 1 saturated carbocycles. The van der Waals surface area contributed by atoms with Crippen molar-refractivity contribution in [3.63, 3.8) is 0 Å². The van der Waals surface area contributed by atoms with Crippen molar-refractivity contribution < 1.29 is 14.6 Å². The number of hydrogen-bond acceptors (Lipinski definition) is 3. The zero-order valence-electron chi connectivity index (χ0n) is 23.1. The van der Waals surface area contributed by atoms with E-state index in [0.717, 1.165) is 37.1 Å². The Morgan fingerprint density at radius 1 is 0.878 bits per heavy atom. The van der Waals surface area contributed by atoms with Crippen molar-refractivity contribution >= 4 is 23.3 Å². The molecule has 2 atom stereocenters. The SMILES string of the molecule is O=C(O)C1(Nc2cccc(Cl)c2)CCC2(CC1)c1ccccc1CC2C[C@H](COc1ccccc1)c1ccccc1. The fourth-order valence-electron chi connectivity index (χ4n) is 7.29. The minimum absolute atomic E-state index is 0.0642. The normalized spacial score (nSPS) is 24.0. The number of anilines is 1. The largest absolute Gasteiger partial charge is 0.493 e. The van der Waals surface area contributed by atoms with Gasteiger partial charge in [0.2, 0.25) is 0 Å². The van der Waals surface area contributed by atoms with Gasteiger partial charge in [-0.1, -0.05) is 90.5 Å². The number of rotatable bonds is 9. The number of benzene rings is 4. The third-order valence-corrected chi connectivity index (χ3v) is 9.68. The number of ether oxygens (including phenoxy) is 1. The maximum atomic E-state index is 12.8. The number of nitrogens with one attached hydrogen (secondary N) is 1. The van der Waals surface area contributed by atoms with Gasteiger partial charge < -0.3 is 15.2 Å². The molecule has 4 aromatic carbocycles. The zero-order valence-corrected chi connectivity index (χ0v) is 23.9. The summed E-state index contributed by atoms with van der Waals surface area (Å²) in [5.74, 6) is 0.702. The summed E-state index contributed by atoms with van der Waals surface area (Å²) < 4.78 is 6.33. The quantitative estimate of drug-likeness (QED) is 0.213. The third-order valence-electron chi connectivity index (χ3n) is 9.45. The van der Waals surface area contributed by atoms with Crippen molar-refractivity contribution in [2.75, 3.05) is 11.9 Å². The Labute approximate surface area is 247 Å². The number of hydrogen-bond donors (Lipinski definition) is 2. The van der Waals surface area contributed by atoms with Gasteiger partial charge in [-0.3, -0.25) is 0 Å². The molecule has 1 fully saturated rings. The molecule has 0 aromatic heterocycles. The molecule has 2 N–H and O–H groups in total. The second-order valence-electron chi connectivity index (χ2n) is 11.7. The van der Waals surface area contributed by atoms with E-state index in [1.54, 1.807) is 6.07 Å². The van der Waals surface area contributed by atoms with Gasteiger partial charge in [0.05, 0.1) is 6.61 Å². The Balaban J connectivity index is 1.28. The molecule has 210 valence electrons. The fraction of sp³-hybridized carbons (Fsp3) is 0.306. The summed E-state index contributed by atoms with van der Waals surface area (Å²) in [7, 11) is 0. The van der Waals surface area contributed by atoms with Gasteiger partial charge in [-0.2, -0.15) is 0 Å². The van der Waals surface area contributed by atoms with Crippen LogP contribution in [0.2, 0.25) is 5.02 Å². The predicted octanol–water partition coefficient (Wildman–Crippen LogP) is 8.51. The molecule has 41 heavy (non-hydrogen) atoms. The highest BCUT2D eigenvalue weighted by Gasteiger charge is 2.54. The summed E-state index contributed by atoms with van der Waals surface area (Å²) in [5.41, 5.74) is 3.76. The molecule has 1 unspecified atom stereocenters. The van der Waals surface area contributed by atoms with Crippen molar-refractivity contribution in [3.8, 4) is 5.75 Å². The molecule has 4 aromatic rings. The van der Waals surface area contributed by atoms with Crippen LogP contribution in [0.15, 0.2) is 109 Å². The lowest BCUT2D eigenvalue weighted by Gasteiger charge is -2.47. The first-order valence-corrected chi connectivity index (χ1v) is 14.9. The van der Waals surface area contributed by atoms with E-state index in [1.165, 1.54) is 16.7 Å². The average Bonchev–Trinajstić information content (AvgIpc) is 3.30. The smallest absolute Gasteiger partial charge is 0.329 e.